The molecule has 5 heteroatoms. The Hall–Kier alpha value is -3.44. The van der Waals surface area contributed by atoms with Crippen LogP contribution in [0.3, 0.4) is 0 Å². The van der Waals surface area contributed by atoms with Gasteiger partial charge in [-0.1, -0.05) is 81.0 Å². The van der Waals surface area contributed by atoms with Gasteiger partial charge in [0.25, 0.3) is 0 Å². The second-order valence-corrected chi connectivity index (χ2v) is 5.99. The average Bonchev–Trinajstić information content (AvgIpc) is 2.79. The number of carbonyl (C=O) groups is 2. The maximum Gasteiger partial charge on any atom is 0.333 e. The van der Waals surface area contributed by atoms with Gasteiger partial charge in [0.2, 0.25) is 0 Å². The summed E-state index contributed by atoms with van der Waals surface area (Å²) in [6.07, 6.45) is 8.07. The van der Waals surface area contributed by atoms with Crippen LogP contribution >= 0.6 is 0 Å². The smallest absolute Gasteiger partial charge is 0.333 e. The summed E-state index contributed by atoms with van der Waals surface area (Å²) >= 11 is 0. The maximum atomic E-state index is 11.1. The van der Waals surface area contributed by atoms with E-state index in [9.17, 15) is 9.59 Å². The minimum atomic E-state index is -0.412. The molecule has 0 aliphatic carbocycles. The van der Waals surface area contributed by atoms with Crippen LogP contribution in [0.2, 0.25) is 0 Å². The molecule has 0 N–H and O–H groups in total. The summed E-state index contributed by atoms with van der Waals surface area (Å²) < 4.78 is 9.44. The number of esters is 2. The van der Waals surface area contributed by atoms with Crippen molar-refractivity contribution in [2.45, 2.75) is 6.92 Å². The molecule has 0 aliphatic rings. The maximum absolute atomic E-state index is 11.1. The molecule has 1 aromatic rings. The van der Waals surface area contributed by atoms with Gasteiger partial charge in [-0.3, -0.25) is 4.90 Å². The van der Waals surface area contributed by atoms with Gasteiger partial charge in [0, 0.05) is 31.3 Å². The van der Waals surface area contributed by atoms with E-state index in [2.05, 4.69) is 49.1 Å². The first-order valence-corrected chi connectivity index (χ1v) is 9.70. The van der Waals surface area contributed by atoms with Crippen LogP contribution < -0.4 is 0 Å². The Bertz CT molecular complexity index is 697. The normalized spacial score (nSPS) is 8.84. The SMILES string of the molecule is C=CCN(CC=C)CCOC(=O)C(=C)C.C=CCOC(=O)C=C.C=Cc1ccccc1. The zero-order valence-corrected chi connectivity index (χ0v) is 18.6. The molecule has 1 aromatic carbocycles. The molecule has 5 nitrogen and oxygen atoms in total. The quantitative estimate of drug-likeness (QED) is 0.268. The van der Waals surface area contributed by atoms with Crippen LogP contribution in [-0.4, -0.2) is 49.7 Å². The van der Waals surface area contributed by atoms with Crippen molar-refractivity contribution >= 4 is 18.0 Å². The summed E-state index contributed by atoms with van der Waals surface area (Å²) in [5.74, 6) is -0.753. The molecule has 0 radical (unpaired) electrons. The van der Waals surface area contributed by atoms with Crippen LogP contribution in [0.1, 0.15) is 12.5 Å². The third-order valence-corrected chi connectivity index (χ3v) is 3.31. The Balaban J connectivity index is 0. The van der Waals surface area contributed by atoms with E-state index < -0.39 is 5.97 Å². The van der Waals surface area contributed by atoms with Crippen LogP contribution in [-0.2, 0) is 19.1 Å². The lowest BCUT2D eigenvalue weighted by Crippen LogP contribution is -2.28. The van der Waals surface area contributed by atoms with Crippen molar-refractivity contribution in [1.82, 2.24) is 4.90 Å². The number of hydrogen-bond acceptors (Lipinski definition) is 5. The third kappa shape index (κ3) is 19.6. The zero-order valence-electron chi connectivity index (χ0n) is 18.6. The number of carbonyl (C=O) groups excluding carboxylic acids is 2. The van der Waals surface area contributed by atoms with E-state index in [0.717, 1.165) is 19.2 Å². The molecule has 0 aromatic heterocycles. The summed E-state index contributed by atoms with van der Waals surface area (Å²) in [7, 11) is 0. The van der Waals surface area contributed by atoms with Gasteiger partial charge in [-0.05, 0) is 12.5 Å². The molecule has 0 bridgehead atoms. The minimum absolute atomic E-state index is 0.255. The van der Waals surface area contributed by atoms with E-state index >= 15 is 0 Å². The van der Waals surface area contributed by atoms with Crippen molar-refractivity contribution in [3.63, 3.8) is 0 Å². The predicted molar refractivity (Wildman–Crippen MR) is 130 cm³/mol. The molecule has 0 atom stereocenters. The molecule has 0 heterocycles. The van der Waals surface area contributed by atoms with E-state index in [0.29, 0.717) is 18.7 Å². The van der Waals surface area contributed by atoms with Crippen molar-refractivity contribution in [3.05, 3.63) is 105 Å². The molecule has 0 spiro atoms. The number of ether oxygens (including phenoxy) is 2. The first-order valence-electron chi connectivity index (χ1n) is 9.70. The lowest BCUT2D eigenvalue weighted by molar-refractivity contribution is -0.139. The van der Waals surface area contributed by atoms with Gasteiger partial charge in [-0.25, -0.2) is 9.59 Å². The van der Waals surface area contributed by atoms with E-state index in [4.69, 9.17) is 4.74 Å². The lowest BCUT2D eigenvalue weighted by Gasteiger charge is -2.18. The van der Waals surface area contributed by atoms with Gasteiger partial charge in [0.05, 0.1) is 0 Å². The molecule has 168 valence electrons. The summed E-state index contributed by atoms with van der Waals surface area (Å²) in [6, 6.07) is 10.0. The number of nitrogens with zero attached hydrogens (tertiary/aromatic N) is 1. The molecule has 31 heavy (non-hydrogen) atoms. The second kappa shape index (κ2) is 21.3. The van der Waals surface area contributed by atoms with Crippen molar-refractivity contribution in [1.29, 1.82) is 0 Å². The molecule has 0 amide bonds. The third-order valence-electron chi connectivity index (χ3n) is 3.31. The van der Waals surface area contributed by atoms with Gasteiger partial charge >= 0.3 is 11.9 Å². The van der Waals surface area contributed by atoms with Crippen molar-refractivity contribution in [2.24, 2.45) is 0 Å². The summed E-state index contributed by atoms with van der Waals surface area (Å²) in [4.78, 5) is 23.3. The molecular weight excluding hydrogens is 390 g/mol. The highest BCUT2D eigenvalue weighted by Crippen LogP contribution is 1.97. The summed E-state index contributed by atoms with van der Waals surface area (Å²) in [5, 5.41) is 0. The first kappa shape index (κ1) is 29.8. The zero-order chi connectivity index (χ0) is 23.9. The van der Waals surface area contributed by atoms with Crippen LogP contribution in [0.5, 0.6) is 0 Å². The predicted octanol–water partition coefficient (Wildman–Crippen LogP) is 5.01. The Morgan fingerprint density at radius 3 is 1.90 bits per heavy atom. The van der Waals surface area contributed by atoms with Gasteiger partial charge in [0.15, 0.2) is 0 Å². The van der Waals surface area contributed by atoms with Gasteiger partial charge < -0.3 is 9.47 Å². The minimum Gasteiger partial charge on any atom is -0.461 e. The van der Waals surface area contributed by atoms with E-state index in [1.807, 2.05) is 48.6 Å². The van der Waals surface area contributed by atoms with Crippen molar-refractivity contribution in [2.75, 3.05) is 32.8 Å². The van der Waals surface area contributed by atoms with E-state index in [1.165, 1.54) is 11.6 Å². The topological polar surface area (TPSA) is 55.8 Å². The Kier molecular flexibility index (Phi) is 20.4. The first-order chi connectivity index (χ1) is 14.9. The Morgan fingerprint density at radius 1 is 0.935 bits per heavy atom. The molecule has 1 rings (SSSR count). The van der Waals surface area contributed by atoms with Crippen LogP contribution in [0, 0.1) is 0 Å². The molecule has 0 saturated carbocycles. The fraction of sp³-hybridized carbons (Fsp3) is 0.231. The van der Waals surface area contributed by atoms with Gasteiger partial charge in [-0.2, -0.15) is 0 Å². The van der Waals surface area contributed by atoms with Gasteiger partial charge in [-0.15, -0.1) is 13.2 Å². The van der Waals surface area contributed by atoms with Crippen LogP contribution in [0.25, 0.3) is 6.08 Å². The fourth-order valence-electron chi connectivity index (χ4n) is 1.80. The fourth-order valence-corrected chi connectivity index (χ4v) is 1.80. The monoisotopic (exact) mass is 425 g/mol. The average molecular weight is 426 g/mol. The summed E-state index contributed by atoms with van der Waals surface area (Å²) in [6.45, 7) is 25.5. The van der Waals surface area contributed by atoms with Crippen molar-refractivity contribution < 1.29 is 19.1 Å². The van der Waals surface area contributed by atoms with Gasteiger partial charge in [0.1, 0.15) is 13.2 Å². The number of benzene rings is 1. The lowest BCUT2D eigenvalue weighted by atomic mass is 10.2. The molecular formula is C26H35NO4. The Labute approximate surface area is 187 Å². The number of hydrogen-bond donors (Lipinski definition) is 0. The molecule has 0 unspecified atom stereocenters. The van der Waals surface area contributed by atoms with E-state index in [1.54, 1.807) is 6.92 Å². The van der Waals surface area contributed by atoms with Crippen molar-refractivity contribution in [3.8, 4) is 0 Å². The van der Waals surface area contributed by atoms with Crippen LogP contribution in [0.4, 0.5) is 0 Å². The highest BCUT2D eigenvalue weighted by molar-refractivity contribution is 5.86. The highest BCUT2D eigenvalue weighted by Gasteiger charge is 2.05. The standard InChI is InChI=1S/C12H19NO2.C8H8.C6H8O2/c1-5-7-13(8-6-2)9-10-15-12(14)11(3)4;1-2-8-6-4-3-5-7-8;1-3-5-8-6(7)4-2/h5-6H,1-3,7-10H2,4H3;2-7H,1H2;3-4H,1-2,5H2. The summed E-state index contributed by atoms with van der Waals surface area (Å²) in [5.41, 5.74) is 1.60. The highest BCUT2D eigenvalue weighted by atomic mass is 16.5. The van der Waals surface area contributed by atoms with Crippen LogP contribution in [0.15, 0.2) is 99.7 Å². The molecule has 0 saturated heterocycles. The van der Waals surface area contributed by atoms with E-state index in [-0.39, 0.29) is 12.6 Å². The largest absolute Gasteiger partial charge is 0.461 e. The number of rotatable bonds is 12. The molecule has 0 fully saturated rings. The second-order valence-electron chi connectivity index (χ2n) is 5.99. The Morgan fingerprint density at radius 2 is 1.52 bits per heavy atom. The molecule has 0 aliphatic heterocycles.